The largest absolute Gasteiger partial charge is 0.454 e. The van der Waals surface area contributed by atoms with E-state index >= 15 is 0 Å². The molecular formula is C24H25N5O3. The van der Waals surface area contributed by atoms with Gasteiger partial charge in [-0.2, -0.15) is 0 Å². The molecule has 32 heavy (non-hydrogen) atoms. The molecule has 0 radical (unpaired) electrons. The van der Waals surface area contributed by atoms with Gasteiger partial charge >= 0.3 is 6.03 Å². The summed E-state index contributed by atoms with van der Waals surface area (Å²) in [6.07, 6.45) is 0.983. The van der Waals surface area contributed by atoms with Gasteiger partial charge in [0.25, 0.3) is 0 Å². The van der Waals surface area contributed by atoms with E-state index in [1.807, 2.05) is 59.5 Å². The van der Waals surface area contributed by atoms with Crippen LogP contribution in [0.25, 0.3) is 11.3 Å². The van der Waals surface area contributed by atoms with Crippen molar-refractivity contribution in [1.82, 2.24) is 15.1 Å². The molecule has 2 aromatic carbocycles. The van der Waals surface area contributed by atoms with Crippen molar-refractivity contribution in [2.24, 2.45) is 0 Å². The number of carbonyl (C=O) groups is 1. The van der Waals surface area contributed by atoms with Crippen LogP contribution in [0.4, 0.5) is 16.3 Å². The first kappa shape index (κ1) is 20.1. The molecule has 5 rings (SSSR count). The molecule has 164 valence electrons. The normalized spacial score (nSPS) is 15.0. The molecule has 1 saturated heterocycles. The van der Waals surface area contributed by atoms with E-state index in [1.54, 1.807) is 0 Å². The molecule has 3 aromatic rings. The van der Waals surface area contributed by atoms with Crippen LogP contribution in [0, 0.1) is 0 Å². The summed E-state index contributed by atoms with van der Waals surface area (Å²) in [5, 5.41) is 11.8. The number of urea groups is 1. The van der Waals surface area contributed by atoms with Crippen LogP contribution in [-0.2, 0) is 6.42 Å². The first-order chi connectivity index (χ1) is 15.7. The Bertz CT molecular complexity index is 1090. The predicted molar refractivity (Wildman–Crippen MR) is 122 cm³/mol. The van der Waals surface area contributed by atoms with Crippen molar-refractivity contribution in [3.8, 4) is 22.8 Å². The Hall–Kier alpha value is -3.81. The van der Waals surface area contributed by atoms with Crippen LogP contribution < -0.4 is 19.7 Å². The van der Waals surface area contributed by atoms with E-state index in [1.165, 1.54) is 5.56 Å². The third-order valence-electron chi connectivity index (χ3n) is 5.82. The van der Waals surface area contributed by atoms with Crippen molar-refractivity contribution in [3.63, 3.8) is 0 Å². The average molecular weight is 431 g/mol. The minimum Gasteiger partial charge on any atom is -0.454 e. The minimum absolute atomic E-state index is 0.0712. The molecule has 8 nitrogen and oxygen atoms in total. The SMILES string of the molecule is CCc1ccc(NC(=O)N2CCN(c3ccc(-c4ccc5c(c4)OCO5)nn3)CC2)cc1. The molecule has 0 saturated carbocycles. The zero-order valence-electron chi connectivity index (χ0n) is 18.0. The fourth-order valence-corrected chi connectivity index (χ4v) is 3.87. The summed E-state index contributed by atoms with van der Waals surface area (Å²) in [6.45, 7) is 5.04. The fraction of sp³-hybridized carbons (Fsp3) is 0.292. The van der Waals surface area contributed by atoms with Gasteiger partial charge in [0.2, 0.25) is 6.79 Å². The lowest BCUT2D eigenvalue weighted by atomic mass is 10.1. The quantitative estimate of drug-likeness (QED) is 0.677. The number of piperazine rings is 1. The molecule has 2 amide bonds. The topological polar surface area (TPSA) is 79.8 Å². The zero-order valence-corrected chi connectivity index (χ0v) is 18.0. The van der Waals surface area contributed by atoms with E-state index < -0.39 is 0 Å². The molecule has 2 aliphatic heterocycles. The van der Waals surface area contributed by atoms with Gasteiger partial charge in [-0.05, 0) is 54.4 Å². The van der Waals surface area contributed by atoms with Gasteiger partial charge < -0.3 is 24.6 Å². The van der Waals surface area contributed by atoms with Crippen LogP contribution in [0.5, 0.6) is 11.5 Å². The Morgan fingerprint density at radius 3 is 2.44 bits per heavy atom. The van der Waals surface area contributed by atoms with Gasteiger partial charge in [-0.3, -0.25) is 0 Å². The summed E-state index contributed by atoms with van der Waals surface area (Å²) >= 11 is 0. The number of nitrogens with zero attached hydrogens (tertiary/aromatic N) is 4. The van der Waals surface area contributed by atoms with E-state index in [4.69, 9.17) is 9.47 Å². The fourth-order valence-electron chi connectivity index (χ4n) is 3.87. The first-order valence-corrected chi connectivity index (χ1v) is 10.8. The Balaban J connectivity index is 1.17. The van der Waals surface area contributed by atoms with E-state index in [2.05, 4.69) is 27.3 Å². The Morgan fingerprint density at radius 2 is 1.72 bits per heavy atom. The second kappa shape index (κ2) is 8.74. The lowest BCUT2D eigenvalue weighted by Gasteiger charge is -2.35. The summed E-state index contributed by atoms with van der Waals surface area (Å²) < 4.78 is 10.8. The Labute approximate surface area is 186 Å². The highest BCUT2D eigenvalue weighted by atomic mass is 16.7. The predicted octanol–water partition coefficient (Wildman–Crippen LogP) is 3.79. The maximum absolute atomic E-state index is 12.6. The smallest absolute Gasteiger partial charge is 0.321 e. The minimum atomic E-state index is -0.0712. The number of hydrogen-bond acceptors (Lipinski definition) is 6. The molecule has 0 unspecified atom stereocenters. The molecule has 1 fully saturated rings. The molecule has 1 aromatic heterocycles. The van der Waals surface area contributed by atoms with Crippen molar-refractivity contribution >= 4 is 17.5 Å². The number of aromatic nitrogens is 2. The number of anilines is 2. The van der Waals surface area contributed by atoms with Gasteiger partial charge in [-0.25, -0.2) is 4.79 Å². The van der Waals surface area contributed by atoms with Crippen molar-refractivity contribution < 1.29 is 14.3 Å². The number of aryl methyl sites for hydroxylation is 1. The van der Waals surface area contributed by atoms with E-state index in [-0.39, 0.29) is 12.8 Å². The van der Waals surface area contributed by atoms with Crippen LogP contribution in [0.2, 0.25) is 0 Å². The van der Waals surface area contributed by atoms with Gasteiger partial charge in [0.1, 0.15) is 0 Å². The van der Waals surface area contributed by atoms with E-state index in [0.29, 0.717) is 26.2 Å². The highest BCUT2D eigenvalue weighted by Gasteiger charge is 2.22. The molecule has 0 spiro atoms. The third-order valence-corrected chi connectivity index (χ3v) is 5.82. The van der Waals surface area contributed by atoms with Crippen LogP contribution in [0.15, 0.2) is 54.6 Å². The number of amides is 2. The maximum Gasteiger partial charge on any atom is 0.321 e. The van der Waals surface area contributed by atoms with Crippen molar-refractivity contribution in [2.75, 3.05) is 43.2 Å². The van der Waals surface area contributed by atoms with Gasteiger partial charge in [-0.1, -0.05) is 19.1 Å². The number of nitrogens with one attached hydrogen (secondary N) is 1. The van der Waals surface area contributed by atoms with Crippen molar-refractivity contribution in [1.29, 1.82) is 0 Å². The summed E-state index contributed by atoms with van der Waals surface area (Å²) in [7, 11) is 0. The summed E-state index contributed by atoms with van der Waals surface area (Å²) in [4.78, 5) is 16.6. The standard InChI is InChI=1S/C24H25N5O3/c1-2-17-3-6-19(7-4-17)25-24(30)29-13-11-28(12-14-29)23-10-8-20(26-27-23)18-5-9-21-22(15-18)32-16-31-21/h3-10,15H,2,11-14,16H2,1H3,(H,25,30). The molecule has 2 aliphatic rings. The highest BCUT2D eigenvalue weighted by Crippen LogP contribution is 2.35. The van der Waals surface area contributed by atoms with Gasteiger partial charge in [-0.15, -0.1) is 10.2 Å². The molecule has 0 bridgehead atoms. The van der Waals surface area contributed by atoms with Crippen LogP contribution in [0.3, 0.4) is 0 Å². The van der Waals surface area contributed by atoms with E-state index in [9.17, 15) is 4.79 Å². The second-order valence-electron chi connectivity index (χ2n) is 7.80. The van der Waals surface area contributed by atoms with Crippen molar-refractivity contribution in [3.05, 3.63) is 60.2 Å². The molecule has 3 heterocycles. The average Bonchev–Trinajstić information content (AvgIpc) is 3.33. The number of rotatable bonds is 4. The zero-order chi connectivity index (χ0) is 21.9. The van der Waals surface area contributed by atoms with Crippen LogP contribution >= 0.6 is 0 Å². The molecule has 0 aliphatic carbocycles. The summed E-state index contributed by atoms with van der Waals surface area (Å²) in [5.41, 5.74) is 3.78. The maximum atomic E-state index is 12.6. The van der Waals surface area contributed by atoms with Crippen LogP contribution in [0.1, 0.15) is 12.5 Å². The number of ether oxygens (including phenoxy) is 2. The van der Waals surface area contributed by atoms with E-state index in [0.717, 1.165) is 40.7 Å². The van der Waals surface area contributed by atoms with Gasteiger partial charge in [0.15, 0.2) is 17.3 Å². The summed E-state index contributed by atoms with van der Waals surface area (Å²) in [6, 6.07) is 17.6. The lowest BCUT2D eigenvalue weighted by molar-refractivity contribution is 0.174. The molecule has 8 heteroatoms. The number of hydrogen-bond donors (Lipinski definition) is 1. The summed E-state index contributed by atoms with van der Waals surface area (Å²) in [5.74, 6) is 2.28. The van der Waals surface area contributed by atoms with Crippen LogP contribution in [-0.4, -0.2) is 54.1 Å². The molecule has 1 N–H and O–H groups in total. The monoisotopic (exact) mass is 431 g/mol. The van der Waals surface area contributed by atoms with Crippen molar-refractivity contribution in [2.45, 2.75) is 13.3 Å². The lowest BCUT2D eigenvalue weighted by Crippen LogP contribution is -2.50. The third kappa shape index (κ3) is 4.16. The second-order valence-corrected chi connectivity index (χ2v) is 7.80. The molecular weight excluding hydrogens is 406 g/mol. The Kier molecular flexibility index (Phi) is 5.49. The molecule has 0 atom stereocenters. The first-order valence-electron chi connectivity index (χ1n) is 10.8. The number of fused-ring (bicyclic) bond motifs is 1. The number of benzene rings is 2. The number of carbonyl (C=O) groups excluding carboxylic acids is 1. The van der Waals surface area contributed by atoms with Gasteiger partial charge in [0, 0.05) is 37.4 Å². The van der Waals surface area contributed by atoms with Gasteiger partial charge in [0.05, 0.1) is 5.69 Å². The Morgan fingerprint density at radius 1 is 0.938 bits per heavy atom. The highest BCUT2D eigenvalue weighted by molar-refractivity contribution is 5.89.